The molecular formula is C11H16N2O4S. The quantitative estimate of drug-likeness (QED) is 0.689. The molecule has 0 aromatic heterocycles. The zero-order chi connectivity index (χ0) is 13.8. The van der Waals surface area contributed by atoms with Crippen LogP contribution in [0.5, 0.6) is 0 Å². The zero-order valence-electron chi connectivity index (χ0n) is 10.2. The van der Waals surface area contributed by atoms with Gasteiger partial charge in [0.15, 0.2) is 0 Å². The molecule has 1 aromatic carbocycles. The summed E-state index contributed by atoms with van der Waals surface area (Å²) in [6.45, 7) is 1.28. The van der Waals surface area contributed by atoms with Crippen molar-refractivity contribution in [2.24, 2.45) is 0 Å². The molecule has 0 aliphatic rings. The molecule has 7 heteroatoms. The molecule has 1 atom stereocenters. The summed E-state index contributed by atoms with van der Waals surface area (Å²) < 4.78 is 25.7. The number of carbonyl (C=O) groups is 1. The van der Waals surface area contributed by atoms with Gasteiger partial charge in [0.25, 0.3) is 0 Å². The van der Waals surface area contributed by atoms with Crippen molar-refractivity contribution in [3.8, 4) is 0 Å². The number of hydrogen-bond donors (Lipinski definition) is 3. The number of hydrogen-bond acceptors (Lipinski definition) is 4. The van der Waals surface area contributed by atoms with E-state index in [0.717, 1.165) is 0 Å². The maximum Gasteiger partial charge on any atom is 0.241 e. The van der Waals surface area contributed by atoms with Gasteiger partial charge in [-0.15, -0.1) is 0 Å². The number of likely N-dealkylation sites (N-methyl/N-ethyl adjacent to an activating group) is 1. The highest BCUT2D eigenvalue weighted by Gasteiger charge is 2.15. The van der Waals surface area contributed by atoms with Crippen molar-refractivity contribution in [2.75, 3.05) is 13.6 Å². The Hall–Kier alpha value is -1.44. The van der Waals surface area contributed by atoms with E-state index in [0.29, 0.717) is 5.56 Å². The van der Waals surface area contributed by atoms with Crippen LogP contribution in [-0.4, -0.2) is 33.0 Å². The molecule has 100 valence electrons. The second-order valence-corrected chi connectivity index (χ2v) is 5.51. The summed E-state index contributed by atoms with van der Waals surface area (Å²) >= 11 is 0. The van der Waals surface area contributed by atoms with Crippen LogP contribution < -0.4 is 10.0 Å². The topological polar surface area (TPSA) is 95.5 Å². The van der Waals surface area contributed by atoms with Crippen LogP contribution in [0.15, 0.2) is 29.2 Å². The molecule has 1 unspecified atom stereocenters. The monoisotopic (exact) mass is 272 g/mol. The third-order valence-electron chi connectivity index (χ3n) is 2.37. The van der Waals surface area contributed by atoms with Crippen LogP contribution in [0, 0.1) is 0 Å². The van der Waals surface area contributed by atoms with Crippen molar-refractivity contribution in [3.05, 3.63) is 29.8 Å². The molecule has 0 saturated heterocycles. The van der Waals surface area contributed by atoms with E-state index >= 15 is 0 Å². The minimum Gasteiger partial charge on any atom is -0.389 e. The van der Waals surface area contributed by atoms with E-state index in [4.69, 9.17) is 0 Å². The second-order valence-electron chi connectivity index (χ2n) is 3.74. The summed E-state index contributed by atoms with van der Waals surface area (Å²) in [4.78, 5) is 11.0. The SMILES string of the molecule is CNC(=O)CNS(=O)(=O)c1ccc(C(C)O)cc1. The predicted octanol–water partition coefficient (Wildman–Crippen LogP) is -0.236. The van der Waals surface area contributed by atoms with Gasteiger partial charge in [-0.05, 0) is 24.6 Å². The minimum absolute atomic E-state index is 0.0517. The lowest BCUT2D eigenvalue weighted by molar-refractivity contribution is -0.119. The Labute approximate surface area is 106 Å². The van der Waals surface area contributed by atoms with E-state index in [1.807, 2.05) is 0 Å². The van der Waals surface area contributed by atoms with E-state index in [2.05, 4.69) is 10.0 Å². The van der Waals surface area contributed by atoms with Gasteiger partial charge in [0, 0.05) is 7.05 Å². The second kappa shape index (κ2) is 5.94. The zero-order valence-corrected chi connectivity index (χ0v) is 11.0. The van der Waals surface area contributed by atoms with E-state index < -0.39 is 22.0 Å². The number of benzene rings is 1. The fourth-order valence-electron chi connectivity index (χ4n) is 1.26. The van der Waals surface area contributed by atoms with Gasteiger partial charge < -0.3 is 10.4 Å². The molecule has 0 aliphatic carbocycles. The van der Waals surface area contributed by atoms with Gasteiger partial charge in [0.1, 0.15) is 0 Å². The van der Waals surface area contributed by atoms with E-state index in [1.165, 1.54) is 31.3 Å². The van der Waals surface area contributed by atoms with Crippen molar-refractivity contribution >= 4 is 15.9 Å². The van der Waals surface area contributed by atoms with Gasteiger partial charge in [-0.3, -0.25) is 4.79 Å². The summed E-state index contributed by atoms with van der Waals surface area (Å²) in [5.74, 6) is -0.417. The average Bonchev–Trinajstić information content (AvgIpc) is 2.36. The molecule has 0 fully saturated rings. The van der Waals surface area contributed by atoms with Gasteiger partial charge in [-0.2, -0.15) is 0 Å². The molecular weight excluding hydrogens is 256 g/mol. The highest BCUT2D eigenvalue weighted by molar-refractivity contribution is 7.89. The first-order chi connectivity index (χ1) is 8.36. The number of nitrogens with one attached hydrogen (secondary N) is 2. The van der Waals surface area contributed by atoms with Crippen molar-refractivity contribution in [1.82, 2.24) is 10.0 Å². The first-order valence-electron chi connectivity index (χ1n) is 5.35. The van der Waals surface area contributed by atoms with E-state index in [1.54, 1.807) is 6.92 Å². The van der Waals surface area contributed by atoms with E-state index in [-0.39, 0.29) is 11.4 Å². The Balaban J connectivity index is 2.82. The van der Waals surface area contributed by atoms with Crippen molar-refractivity contribution < 1.29 is 18.3 Å². The van der Waals surface area contributed by atoms with Crippen LogP contribution in [0.2, 0.25) is 0 Å². The summed E-state index contributed by atoms with van der Waals surface area (Å²) in [5.41, 5.74) is 0.625. The third kappa shape index (κ3) is 3.80. The highest BCUT2D eigenvalue weighted by Crippen LogP contribution is 2.15. The Morgan fingerprint density at radius 2 is 1.89 bits per heavy atom. The van der Waals surface area contributed by atoms with Crippen LogP contribution >= 0.6 is 0 Å². The lowest BCUT2D eigenvalue weighted by atomic mass is 10.1. The molecule has 3 N–H and O–H groups in total. The standard InChI is InChI=1S/C11H16N2O4S/c1-8(14)9-3-5-10(6-4-9)18(16,17)13-7-11(15)12-2/h3-6,8,13-14H,7H2,1-2H3,(H,12,15). The molecule has 1 aromatic rings. The molecule has 1 amide bonds. The normalized spacial score (nSPS) is 13.1. The average molecular weight is 272 g/mol. The number of sulfonamides is 1. The number of aliphatic hydroxyl groups is 1. The maximum absolute atomic E-state index is 11.8. The van der Waals surface area contributed by atoms with Gasteiger partial charge in [0.2, 0.25) is 15.9 Å². The van der Waals surface area contributed by atoms with Crippen molar-refractivity contribution in [2.45, 2.75) is 17.9 Å². The Morgan fingerprint density at radius 1 is 1.33 bits per heavy atom. The Kier molecular flexibility index (Phi) is 4.83. The smallest absolute Gasteiger partial charge is 0.241 e. The predicted molar refractivity (Wildman–Crippen MR) is 66.3 cm³/mol. The molecule has 0 bridgehead atoms. The molecule has 0 aliphatic heterocycles. The number of amides is 1. The first kappa shape index (κ1) is 14.6. The molecule has 0 spiro atoms. The van der Waals surface area contributed by atoms with Gasteiger partial charge in [0.05, 0.1) is 17.5 Å². The van der Waals surface area contributed by atoms with Gasteiger partial charge >= 0.3 is 0 Å². The highest BCUT2D eigenvalue weighted by atomic mass is 32.2. The van der Waals surface area contributed by atoms with Crippen LogP contribution in [0.4, 0.5) is 0 Å². The molecule has 0 heterocycles. The molecule has 6 nitrogen and oxygen atoms in total. The number of carbonyl (C=O) groups excluding carboxylic acids is 1. The minimum atomic E-state index is -3.70. The third-order valence-corrected chi connectivity index (χ3v) is 3.79. The van der Waals surface area contributed by atoms with Crippen molar-refractivity contribution in [3.63, 3.8) is 0 Å². The summed E-state index contributed by atoms with van der Waals surface area (Å²) in [7, 11) is -2.28. The fourth-order valence-corrected chi connectivity index (χ4v) is 2.24. The maximum atomic E-state index is 11.8. The van der Waals surface area contributed by atoms with E-state index in [9.17, 15) is 18.3 Å². The van der Waals surface area contributed by atoms with Crippen molar-refractivity contribution in [1.29, 1.82) is 0 Å². The van der Waals surface area contributed by atoms with Crippen LogP contribution in [-0.2, 0) is 14.8 Å². The summed E-state index contributed by atoms with van der Waals surface area (Å²) in [6, 6.07) is 5.82. The molecule has 0 saturated carbocycles. The van der Waals surface area contributed by atoms with Crippen LogP contribution in [0.25, 0.3) is 0 Å². The Bertz CT molecular complexity index is 508. The molecule has 1 rings (SSSR count). The van der Waals surface area contributed by atoms with Crippen LogP contribution in [0.3, 0.4) is 0 Å². The fraction of sp³-hybridized carbons (Fsp3) is 0.364. The van der Waals surface area contributed by atoms with Gasteiger partial charge in [-0.25, -0.2) is 13.1 Å². The largest absolute Gasteiger partial charge is 0.389 e. The lowest BCUT2D eigenvalue weighted by Crippen LogP contribution is -2.35. The molecule has 18 heavy (non-hydrogen) atoms. The number of rotatable bonds is 5. The lowest BCUT2D eigenvalue weighted by Gasteiger charge is -2.08. The summed E-state index contributed by atoms with van der Waals surface area (Å²) in [5, 5.41) is 11.6. The number of aliphatic hydroxyl groups excluding tert-OH is 1. The molecule has 0 radical (unpaired) electrons. The Morgan fingerprint density at radius 3 is 2.33 bits per heavy atom. The summed E-state index contributed by atoms with van der Waals surface area (Å²) in [6.07, 6.45) is -0.652. The van der Waals surface area contributed by atoms with Gasteiger partial charge in [-0.1, -0.05) is 12.1 Å². The first-order valence-corrected chi connectivity index (χ1v) is 6.83. The van der Waals surface area contributed by atoms with Crippen LogP contribution in [0.1, 0.15) is 18.6 Å².